The Morgan fingerprint density at radius 3 is 2.81 bits per heavy atom. The number of ether oxygens (including phenoxy) is 1. The molecule has 2 nitrogen and oxygen atoms in total. The van der Waals surface area contributed by atoms with E-state index in [-0.39, 0.29) is 0 Å². The van der Waals surface area contributed by atoms with Crippen LogP contribution in [0, 0.1) is 5.92 Å². The first-order valence-electron chi connectivity index (χ1n) is 5.78. The summed E-state index contributed by atoms with van der Waals surface area (Å²) in [5, 5.41) is 3.41. The Morgan fingerprint density at radius 2 is 2.19 bits per heavy atom. The average molecular weight is 237 g/mol. The summed E-state index contributed by atoms with van der Waals surface area (Å²) in [6, 6.07) is 8.88. The van der Waals surface area contributed by atoms with Crippen molar-refractivity contribution in [3.63, 3.8) is 0 Å². The highest BCUT2D eigenvalue weighted by Gasteiger charge is 2.29. The van der Waals surface area contributed by atoms with Crippen molar-refractivity contribution in [1.29, 1.82) is 0 Å². The number of thioether (sulfide) groups is 1. The lowest BCUT2D eigenvalue weighted by molar-refractivity contribution is 0.404. The first kappa shape index (κ1) is 11.8. The Kier molecular flexibility index (Phi) is 4.13. The molecular formula is C13H19NOS. The molecule has 1 N–H and O–H groups in total. The Balaban J connectivity index is 1.92. The van der Waals surface area contributed by atoms with Crippen LogP contribution < -0.4 is 10.1 Å². The minimum Gasteiger partial charge on any atom is -0.496 e. The molecule has 16 heavy (non-hydrogen) atoms. The molecule has 88 valence electrons. The van der Waals surface area contributed by atoms with Crippen LogP contribution in [-0.4, -0.2) is 26.0 Å². The van der Waals surface area contributed by atoms with Gasteiger partial charge < -0.3 is 10.1 Å². The highest BCUT2D eigenvalue weighted by molar-refractivity contribution is 7.99. The van der Waals surface area contributed by atoms with Gasteiger partial charge in [-0.15, -0.1) is 11.8 Å². The Bertz CT molecular complexity index is 338. The molecule has 3 heteroatoms. The van der Waals surface area contributed by atoms with Gasteiger partial charge in [0.2, 0.25) is 0 Å². The molecule has 1 fully saturated rings. The summed E-state index contributed by atoms with van der Waals surface area (Å²) in [7, 11) is 3.79. The van der Waals surface area contributed by atoms with Gasteiger partial charge in [-0.2, -0.15) is 0 Å². The lowest BCUT2D eigenvalue weighted by Crippen LogP contribution is -2.29. The van der Waals surface area contributed by atoms with Crippen molar-refractivity contribution < 1.29 is 4.74 Å². The molecule has 0 aromatic heterocycles. The molecule has 1 aliphatic carbocycles. The molecular weight excluding hydrogens is 218 g/mol. The van der Waals surface area contributed by atoms with E-state index in [9.17, 15) is 0 Å². The molecule has 0 bridgehead atoms. The van der Waals surface area contributed by atoms with Crippen molar-refractivity contribution in [3.8, 4) is 5.75 Å². The van der Waals surface area contributed by atoms with E-state index in [0.29, 0.717) is 6.04 Å². The quantitative estimate of drug-likeness (QED) is 0.769. The van der Waals surface area contributed by atoms with Crippen molar-refractivity contribution in [2.75, 3.05) is 19.9 Å². The van der Waals surface area contributed by atoms with E-state index in [1.54, 1.807) is 7.11 Å². The fraction of sp³-hybridized carbons (Fsp3) is 0.538. The van der Waals surface area contributed by atoms with Gasteiger partial charge in [0.1, 0.15) is 5.75 Å². The van der Waals surface area contributed by atoms with Gasteiger partial charge >= 0.3 is 0 Å². The number of benzene rings is 1. The molecule has 2 rings (SSSR count). The molecule has 1 aliphatic rings. The minimum atomic E-state index is 0.648. The average Bonchev–Trinajstić information content (AvgIpc) is 3.15. The summed E-state index contributed by atoms with van der Waals surface area (Å²) in [6.07, 6.45) is 2.77. The highest BCUT2D eigenvalue weighted by atomic mass is 32.2. The lowest BCUT2D eigenvalue weighted by atomic mass is 10.2. The molecule has 0 amide bonds. The lowest BCUT2D eigenvalue weighted by Gasteiger charge is -2.15. The van der Waals surface area contributed by atoms with Gasteiger partial charge in [0, 0.05) is 16.7 Å². The molecule has 1 atom stereocenters. The maximum Gasteiger partial charge on any atom is 0.132 e. The molecule has 1 saturated carbocycles. The van der Waals surface area contributed by atoms with E-state index in [1.807, 2.05) is 23.9 Å². The number of nitrogens with one attached hydrogen (secondary N) is 1. The van der Waals surface area contributed by atoms with Crippen LogP contribution in [0.5, 0.6) is 5.75 Å². The van der Waals surface area contributed by atoms with Crippen LogP contribution in [0.1, 0.15) is 12.8 Å². The third-order valence-electron chi connectivity index (χ3n) is 3.05. The van der Waals surface area contributed by atoms with E-state index < -0.39 is 0 Å². The van der Waals surface area contributed by atoms with Crippen molar-refractivity contribution >= 4 is 11.8 Å². The molecule has 0 saturated heterocycles. The molecule has 1 aromatic carbocycles. The SMILES string of the molecule is CNC(CSc1ccccc1OC)C1CC1. The van der Waals surface area contributed by atoms with Crippen LogP contribution in [0.3, 0.4) is 0 Å². The third-order valence-corrected chi connectivity index (χ3v) is 4.22. The van der Waals surface area contributed by atoms with Crippen molar-refractivity contribution in [1.82, 2.24) is 5.32 Å². The van der Waals surface area contributed by atoms with E-state index >= 15 is 0 Å². The van der Waals surface area contributed by atoms with E-state index in [0.717, 1.165) is 17.4 Å². The Labute approximate surface area is 102 Å². The standard InChI is InChI=1S/C13H19NOS/c1-14-11(10-7-8-10)9-16-13-6-4-3-5-12(13)15-2/h3-6,10-11,14H,7-9H2,1-2H3. The summed E-state index contributed by atoms with van der Waals surface area (Å²) in [5.74, 6) is 3.01. The van der Waals surface area contributed by atoms with Crippen LogP contribution in [0.15, 0.2) is 29.2 Å². The van der Waals surface area contributed by atoms with Gasteiger partial charge in [0.15, 0.2) is 0 Å². The Hall–Kier alpha value is -0.670. The topological polar surface area (TPSA) is 21.3 Å². The fourth-order valence-electron chi connectivity index (χ4n) is 1.87. The monoisotopic (exact) mass is 237 g/mol. The maximum absolute atomic E-state index is 5.35. The predicted molar refractivity (Wildman–Crippen MR) is 69.3 cm³/mol. The van der Waals surface area contributed by atoms with Gasteiger partial charge in [-0.25, -0.2) is 0 Å². The summed E-state index contributed by atoms with van der Waals surface area (Å²) in [5.41, 5.74) is 0. The minimum absolute atomic E-state index is 0.648. The largest absolute Gasteiger partial charge is 0.496 e. The molecule has 0 aliphatic heterocycles. The van der Waals surface area contributed by atoms with Crippen LogP contribution >= 0.6 is 11.8 Å². The second-order valence-corrected chi connectivity index (χ2v) is 5.26. The van der Waals surface area contributed by atoms with Crippen molar-refractivity contribution in [2.24, 2.45) is 5.92 Å². The summed E-state index contributed by atoms with van der Waals surface area (Å²) in [6.45, 7) is 0. The molecule has 0 radical (unpaired) electrons. The molecule has 0 heterocycles. The Morgan fingerprint density at radius 1 is 1.44 bits per heavy atom. The maximum atomic E-state index is 5.35. The number of hydrogen-bond acceptors (Lipinski definition) is 3. The smallest absolute Gasteiger partial charge is 0.132 e. The summed E-state index contributed by atoms with van der Waals surface area (Å²) < 4.78 is 5.35. The van der Waals surface area contributed by atoms with E-state index in [2.05, 4.69) is 24.5 Å². The normalized spacial score (nSPS) is 17.1. The number of hydrogen-bond donors (Lipinski definition) is 1. The molecule has 1 aromatic rings. The highest BCUT2D eigenvalue weighted by Crippen LogP contribution is 2.36. The summed E-state index contributed by atoms with van der Waals surface area (Å²) in [4.78, 5) is 1.24. The first-order chi connectivity index (χ1) is 7.85. The molecule has 0 spiro atoms. The van der Waals surface area contributed by atoms with Gasteiger partial charge in [-0.3, -0.25) is 0 Å². The second kappa shape index (κ2) is 5.60. The van der Waals surface area contributed by atoms with E-state index in [1.165, 1.54) is 17.7 Å². The second-order valence-electron chi connectivity index (χ2n) is 4.19. The number of para-hydroxylation sites is 1. The predicted octanol–water partition coefficient (Wildman–Crippen LogP) is 2.79. The van der Waals surface area contributed by atoms with Gasteiger partial charge in [0.05, 0.1) is 7.11 Å². The van der Waals surface area contributed by atoms with Crippen molar-refractivity contribution in [3.05, 3.63) is 24.3 Å². The van der Waals surface area contributed by atoms with Gasteiger partial charge in [-0.1, -0.05) is 12.1 Å². The van der Waals surface area contributed by atoms with E-state index in [4.69, 9.17) is 4.74 Å². The van der Waals surface area contributed by atoms with Gasteiger partial charge in [0.25, 0.3) is 0 Å². The van der Waals surface area contributed by atoms with Crippen molar-refractivity contribution in [2.45, 2.75) is 23.8 Å². The third kappa shape index (κ3) is 2.92. The fourth-order valence-corrected chi connectivity index (χ4v) is 3.14. The van der Waals surface area contributed by atoms with Gasteiger partial charge in [-0.05, 0) is 37.9 Å². The summed E-state index contributed by atoms with van der Waals surface area (Å²) >= 11 is 1.89. The molecule has 1 unspecified atom stereocenters. The number of methoxy groups -OCH3 is 1. The van der Waals surface area contributed by atoms with Crippen LogP contribution in [-0.2, 0) is 0 Å². The number of rotatable bonds is 6. The zero-order chi connectivity index (χ0) is 11.4. The van der Waals surface area contributed by atoms with Crippen LogP contribution in [0.2, 0.25) is 0 Å². The zero-order valence-corrected chi connectivity index (χ0v) is 10.7. The van der Waals surface area contributed by atoms with Crippen LogP contribution in [0.25, 0.3) is 0 Å². The first-order valence-corrected chi connectivity index (χ1v) is 6.76. The van der Waals surface area contributed by atoms with Crippen LogP contribution in [0.4, 0.5) is 0 Å². The zero-order valence-electron chi connectivity index (χ0n) is 9.90.